The van der Waals surface area contributed by atoms with Gasteiger partial charge >= 0.3 is 0 Å². The number of nitrogens with two attached hydrogens (primary N) is 1. The van der Waals surface area contributed by atoms with Crippen LogP contribution in [0.15, 0.2) is 18.2 Å². The van der Waals surface area contributed by atoms with Crippen molar-refractivity contribution < 1.29 is 9.13 Å². The van der Waals surface area contributed by atoms with Gasteiger partial charge in [-0.25, -0.2) is 4.39 Å². The molecule has 0 saturated carbocycles. The fraction of sp³-hybridized carbons (Fsp3) is 0.600. The molecule has 1 heterocycles. The van der Waals surface area contributed by atoms with Crippen LogP contribution in [0.3, 0.4) is 0 Å². The van der Waals surface area contributed by atoms with Crippen LogP contribution in [0.4, 0.5) is 4.39 Å². The molecule has 2 atom stereocenters. The minimum absolute atomic E-state index is 0.102. The van der Waals surface area contributed by atoms with E-state index in [9.17, 15) is 4.39 Å². The third-order valence-electron chi connectivity index (χ3n) is 3.67. The Morgan fingerprint density at radius 2 is 2.37 bits per heavy atom. The Kier molecular flexibility index (Phi) is 5.16. The zero-order valence-electron chi connectivity index (χ0n) is 11.5. The summed E-state index contributed by atoms with van der Waals surface area (Å²) in [5.41, 5.74) is 7.04. The largest absolute Gasteiger partial charge is 0.491 e. The van der Waals surface area contributed by atoms with Crippen LogP contribution in [0.25, 0.3) is 0 Å². The maximum Gasteiger partial charge on any atom is 0.165 e. The summed E-state index contributed by atoms with van der Waals surface area (Å²) in [4.78, 5) is 0. The Balaban J connectivity index is 1.98. The average Bonchev–Trinajstić information content (AvgIpc) is 2.42. The molecule has 1 saturated heterocycles. The number of benzene rings is 1. The van der Waals surface area contributed by atoms with Crippen LogP contribution in [0.1, 0.15) is 37.8 Å². The van der Waals surface area contributed by atoms with Gasteiger partial charge in [0, 0.05) is 6.04 Å². The molecule has 106 valence electrons. The van der Waals surface area contributed by atoms with E-state index in [4.69, 9.17) is 10.5 Å². The summed E-state index contributed by atoms with van der Waals surface area (Å²) < 4.78 is 19.0. The van der Waals surface area contributed by atoms with Crippen molar-refractivity contribution in [2.24, 2.45) is 11.7 Å². The minimum Gasteiger partial charge on any atom is -0.491 e. The van der Waals surface area contributed by atoms with Crippen molar-refractivity contribution in [2.75, 3.05) is 19.7 Å². The van der Waals surface area contributed by atoms with E-state index in [1.807, 2.05) is 13.0 Å². The van der Waals surface area contributed by atoms with Gasteiger partial charge in [-0.15, -0.1) is 0 Å². The van der Waals surface area contributed by atoms with Crippen LogP contribution < -0.4 is 15.8 Å². The predicted molar refractivity (Wildman–Crippen MR) is 74.7 cm³/mol. The van der Waals surface area contributed by atoms with E-state index in [0.29, 0.717) is 18.3 Å². The number of rotatable bonds is 5. The first-order valence-electron chi connectivity index (χ1n) is 7.09. The SMILES string of the molecule is CCOc1ccc(C(N)CC2CCCNC2)cc1F. The fourth-order valence-electron chi connectivity index (χ4n) is 2.64. The van der Waals surface area contributed by atoms with Gasteiger partial charge < -0.3 is 15.8 Å². The van der Waals surface area contributed by atoms with Gasteiger partial charge in [0.25, 0.3) is 0 Å². The molecular formula is C15H23FN2O. The molecule has 1 aliphatic heterocycles. The smallest absolute Gasteiger partial charge is 0.165 e. The zero-order chi connectivity index (χ0) is 13.7. The number of halogens is 1. The first kappa shape index (κ1) is 14.3. The Hall–Kier alpha value is -1.13. The molecule has 0 bridgehead atoms. The van der Waals surface area contributed by atoms with Crippen molar-refractivity contribution in [1.29, 1.82) is 0 Å². The van der Waals surface area contributed by atoms with Crippen molar-refractivity contribution in [2.45, 2.75) is 32.2 Å². The Morgan fingerprint density at radius 3 is 3.00 bits per heavy atom. The van der Waals surface area contributed by atoms with Crippen LogP contribution in [-0.4, -0.2) is 19.7 Å². The highest BCUT2D eigenvalue weighted by atomic mass is 19.1. The molecule has 0 spiro atoms. The lowest BCUT2D eigenvalue weighted by Gasteiger charge is -2.25. The Bertz CT molecular complexity index is 405. The molecule has 2 unspecified atom stereocenters. The van der Waals surface area contributed by atoms with Gasteiger partial charge in [0.1, 0.15) is 0 Å². The highest BCUT2D eigenvalue weighted by Gasteiger charge is 2.18. The molecule has 19 heavy (non-hydrogen) atoms. The van der Waals surface area contributed by atoms with Gasteiger partial charge in [0.2, 0.25) is 0 Å². The van der Waals surface area contributed by atoms with E-state index in [0.717, 1.165) is 25.1 Å². The average molecular weight is 266 g/mol. The highest BCUT2D eigenvalue weighted by molar-refractivity contribution is 5.31. The first-order chi connectivity index (χ1) is 9.20. The molecule has 1 fully saturated rings. The van der Waals surface area contributed by atoms with Gasteiger partial charge in [-0.3, -0.25) is 0 Å². The van der Waals surface area contributed by atoms with E-state index >= 15 is 0 Å². The third kappa shape index (κ3) is 3.91. The van der Waals surface area contributed by atoms with Crippen molar-refractivity contribution in [3.8, 4) is 5.75 Å². The minimum atomic E-state index is -0.323. The van der Waals surface area contributed by atoms with Crippen LogP contribution in [0, 0.1) is 11.7 Å². The Morgan fingerprint density at radius 1 is 1.53 bits per heavy atom. The third-order valence-corrected chi connectivity index (χ3v) is 3.67. The van der Waals surface area contributed by atoms with E-state index in [2.05, 4.69) is 5.32 Å². The number of hydrogen-bond donors (Lipinski definition) is 2. The second-order valence-corrected chi connectivity index (χ2v) is 5.18. The first-order valence-corrected chi connectivity index (χ1v) is 7.09. The summed E-state index contributed by atoms with van der Waals surface area (Å²) in [6, 6.07) is 4.95. The second-order valence-electron chi connectivity index (χ2n) is 5.18. The predicted octanol–water partition coefficient (Wildman–Crippen LogP) is 2.61. The zero-order valence-corrected chi connectivity index (χ0v) is 11.5. The lowest BCUT2D eigenvalue weighted by Crippen LogP contribution is -2.31. The number of nitrogens with one attached hydrogen (secondary N) is 1. The van der Waals surface area contributed by atoms with Crippen molar-refractivity contribution in [3.63, 3.8) is 0 Å². The van der Waals surface area contributed by atoms with Crippen LogP contribution >= 0.6 is 0 Å². The molecule has 1 aromatic carbocycles. The molecule has 1 aromatic rings. The highest BCUT2D eigenvalue weighted by Crippen LogP contribution is 2.26. The molecule has 3 nitrogen and oxygen atoms in total. The molecule has 0 aromatic heterocycles. The molecular weight excluding hydrogens is 243 g/mol. The van der Waals surface area contributed by atoms with Crippen molar-refractivity contribution in [1.82, 2.24) is 5.32 Å². The van der Waals surface area contributed by atoms with E-state index < -0.39 is 0 Å². The topological polar surface area (TPSA) is 47.3 Å². The summed E-state index contributed by atoms with van der Waals surface area (Å²) in [5.74, 6) is 0.577. The summed E-state index contributed by atoms with van der Waals surface area (Å²) in [7, 11) is 0. The molecule has 0 aliphatic carbocycles. The molecule has 0 amide bonds. The monoisotopic (exact) mass is 266 g/mol. The standard InChI is InChI=1S/C15H23FN2O/c1-2-19-15-6-5-12(9-13(15)16)14(17)8-11-4-3-7-18-10-11/h5-6,9,11,14,18H,2-4,7-8,10,17H2,1H3. The number of hydrogen-bond acceptors (Lipinski definition) is 3. The van der Waals surface area contributed by atoms with E-state index in [-0.39, 0.29) is 11.9 Å². The molecule has 3 N–H and O–H groups in total. The van der Waals surface area contributed by atoms with Gasteiger partial charge in [-0.05, 0) is 62.9 Å². The second kappa shape index (κ2) is 6.87. The number of piperidine rings is 1. The summed E-state index contributed by atoms with van der Waals surface area (Å²) in [5, 5.41) is 3.38. The molecule has 2 rings (SSSR count). The van der Waals surface area contributed by atoms with Crippen molar-refractivity contribution in [3.05, 3.63) is 29.6 Å². The Labute approximate surface area is 114 Å². The van der Waals surface area contributed by atoms with E-state index in [1.165, 1.54) is 18.9 Å². The summed E-state index contributed by atoms with van der Waals surface area (Å²) >= 11 is 0. The van der Waals surface area contributed by atoms with Crippen LogP contribution in [0.2, 0.25) is 0 Å². The lowest BCUT2D eigenvalue weighted by atomic mass is 9.90. The van der Waals surface area contributed by atoms with Gasteiger partial charge in [-0.1, -0.05) is 6.07 Å². The van der Waals surface area contributed by atoms with Crippen molar-refractivity contribution >= 4 is 0 Å². The molecule has 4 heteroatoms. The van der Waals surface area contributed by atoms with E-state index in [1.54, 1.807) is 6.07 Å². The van der Waals surface area contributed by atoms with Gasteiger partial charge in [-0.2, -0.15) is 0 Å². The lowest BCUT2D eigenvalue weighted by molar-refractivity contribution is 0.319. The number of ether oxygens (including phenoxy) is 1. The summed E-state index contributed by atoms with van der Waals surface area (Å²) in [6.45, 7) is 4.43. The van der Waals surface area contributed by atoms with Crippen LogP contribution in [0.5, 0.6) is 5.75 Å². The molecule has 1 aliphatic rings. The maximum atomic E-state index is 13.8. The molecule has 0 radical (unpaired) electrons. The normalized spacial score (nSPS) is 21.1. The maximum absolute atomic E-state index is 13.8. The fourth-order valence-corrected chi connectivity index (χ4v) is 2.64. The quantitative estimate of drug-likeness (QED) is 0.861. The van der Waals surface area contributed by atoms with Gasteiger partial charge in [0.15, 0.2) is 11.6 Å². The summed E-state index contributed by atoms with van der Waals surface area (Å²) in [6.07, 6.45) is 3.32. The van der Waals surface area contributed by atoms with Crippen LogP contribution in [-0.2, 0) is 0 Å². The van der Waals surface area contributed by atoms with Gasteiger partial charge in [0.05, 0.1) is 6.61 Å².